The van der Waals surface area contributed by atoms with Gasteiger partial charge >= 0.3 is 11.9 Å². The summed E-state index contributed by atoms with van der Waals surface area (Å²) >= 11 is 0. The molecule has 0 aromatic rings. The molecular formula is C20H28O6. The summed E-state index contributed by atoms with van der Waals surface area (Å²) in [5.74, 6) is -1.42. The number of esters is 1. The number of ether oxygens (including phenoxy) is 1. The van der Waals surface area contributed by atoms with Crippen molar-refractivity contribution in [2.45, 2.75) is 82.0 Å². The molecule has 6 heteroatoms. The van der Waals surface area contributed by atoms with Crippen molar-refractivity contribution in [3.8, 4) is 0 Å². The second kappa shape index (κ2) is 4.82. The number of hydrogen-bond donors (Lipinski definition) is 3. The van der Waals surface area contributed by atoms with E-state index in [-0.39, 0.29) is 35.6 Å². The molecular weight excluding hydrogens is 336 g/mol. The third-order valence-electron chi connectivity index (χ3n) is 9.23. The molecule has 1 heterocycles. The van der Waals surface area contributed by atoms with E-state index in [1.54, 1.807) is 0 Å². The van der Waals surface area contributed by atoms with Gasteiger partial charge in [0, 0.05) is 18.3 Å². The molecule has 5 aliphatic rings. The van der Waals surface area contributed by atoms with Crippen molar-refractivity contribution < 1.29 is 29.6 Å². The van der Waals surface area contributed by atoms with Gasteiger partial charge < -0.3 is 20.1 Å². The number of carbonyl (C=O) groups is 2. The van der Waals surface area contributed by atoms with Crippen LogP contribution in [0.5, 0.6) is 0 Å². The average Bonchev–Trinajstić information content (AvgIpc) is 3.01. The molecule has 0 aromatic carbocycles. The van der Waals surface area contributed by atoms with E-state index in [1.807, 2.05) is 0 Å². The quantitative estimate of drug-likeness (QED) is 0.614. The summed E-state index contributed by atoms with van der Waals surface area (Å²) in [5, 5.41) is 31.3. The van der Waals surface area contributed by atoms with Crippen LogP contribution < -0.4 is 0 Å². The zero-order valence-corrected chi connectivity index (χ0v) is 15.2. The van der Waals surface area contributed by atoms with Crippen LogP contribution in [0.25, 0.3) is 0 Å². The molecule has 3 N–H and O–H groups in total. The second-order valence-corrected chi connectivity index (χ2v) is 9.86. The summed E-state index contributed by atoms with van der Waals surface area (Å²) in [6.07, 6.45) is 4.60. The molecule has 1 spiro atoms. The van der Waals surface area contributed by atoms with Gasteiger partial charge in [-0.1, -0.05) is 6.92 Å². The Balaban J connectivity index is 1.61. The van der Waals surface area contributed by atoms with Crippen LogP contribution in [-0.2, 0) is 14.3 Å². The smallest absolute Gasteiger partial charge is 0.316 e. The Bertz CT molecular complexity index is 692. The molecule has 26 heavy (non-hydrogen) atoms. The summed E-state index contributed by atoms with van der Waals surface area (Å²) < 4.78 is 6.17. The van der Waals surface area contributed by atoms with Crippen molar-refractivity contribution in [1.29, 1.82) is 0 Å². The largest absolute Gasteiger partial charge is 0.481 e. The molecule has 0 radical (unpaired) electrons. The van der Waals surface area contributed by atoms with Crippen LogP contribution in [0.1, 0.15) is 64.7 Å². The lowest BCUT2D eigenvalue weighted by atomic mass is 9.42. The molecule has 0 aromatic heterocycles. The number of aliphatic hydroxyl groups is 2. The molecule has 6 nitrogen and oxygen atoms in total. The minimum atomic E-state index is -1.19. The zero-order valence-electron chi connectivity index (χ0n) is 15.2. The maximum absolute atomic E-state index is 13.2. The third kappa shape index (κ3) is 1.63. The van der Waals surface area contributed by atoms with E-state index in [0.29, 0.717) is 32.1 Å². The highest BCUT2D eigenvalue weighted by Gasteiger charge is 2.80. The molecule has 0 amide bonds. The number of carboxylic acid groups (broad SMARTS) is 1. The Morgan fingerprint density at radius 3 is 2.58 bits per heavy atom. The van der Waals surface area contributed by atoms with Crippen molar-refractivity contribution in [2.24, 2.45) is 28.6 Å². The summed E-state index contributed by atoms with van der Waals surface area (Å²) in [6, 6.07) is 0. The maximum Gasteiger partial charge on any atom is 0.316 e. The standard InChI is InChI=1S/C20H28O6/c1-17-6-5-14-19-7-4-11(21)10-18(19,25)8-9-20(14,26-16(19)24)13(17)3-2-12(17)15(22)23/h11-14,21,25H,2-10H2,1H3,(H,22,23)/t11-,12+,13+,14+,17+,18-,19+,20+/m1/s1. The van der Waals surface area contributed by atoms with Crippen LogP contribution in [0.4, 0.5) is 0 Å². The molecule has 5 rings (SSSR count). The number of rotatable bonds is 1. The maximum atomic E-state index is 13.2. The van der Waals surface area contributed by atoms with E-state index in [2.05, 4.69) is 6.92 Å². The summed E-state index contributed by atoms with van der Waals surface area (Å²) in [5.41, 5.74) is -3.07. The van der Waals surface area contributed by atoms with Crippen LogP contribution in [0.15, 0.2) is 0 Å². The van der Waals surface area contributed by atoms with E-state index in [4.69, 9.17) is 4.74 Å². The summed E-state index contributed by atoms with van der Waals surface area (Å²) in [4.78, 5) is 25.0. The van der Waals surface area contributed by atoms with E-state index >= 15 is 0 Å². The lowest BCUT2D eigenvalue weighted by Gasteiger charge is -2.61. The Labute approximate surface area is 152 Å². The Kier molecular flexibility index (Phi) is 3.15. The van der Waals surface area contributed by atoms with Crippen LogP contribution in [0, 0.1) is 28.6 Å². The van der Waals surface area contributed by atoms with Gasteiger partial charge in [0.05, 0.1) is 17.6 Å². The molecule has 0 unspecified atom stereocenters. The van der Waals surface area contributed by atoms with Gasteiger partial charge in [0.25, 0.3) is 0 Å². The predicted octanol–water partition coefficient (Wildman–Crippen LogP) is 1.87. The van der Waals surface area contributed by atoms with E-state index in [0.717, 1.165) is 19.3 Å². The summed E-state index contributed by atoms with van der Waals surface area (Å²) in [7, 11) is 0. The fourth-order valence-corrected chi connectivity index (χ4v) is 8.16. The minimum Gasteiger partial charge on any atom is -0.481 e. The predicted molar refractivity (Wildman–Crippen MR) is 90.0 cm³/mol. The monoisotopic (exact) mass is 364 g/mol. The second-order valence-electron chi connectivity index (χ2n) is 9.86. The lowest BCUT2D eigenvalue weighted by molar-refractivity contribution is -0.216. The van der Waals surface area contributed by atoms with E-state index in [9.17, 15) is 24.9 Å². The molecule has 4 aliphatic carbocycles. The fraction of sp³-hybridized carbons (Fsp3) is 0.900. The number of hydrogen-bond acceptors (Lipinski definition) is 5. The SMILES string of the molecule is C[C@@]12CC[C@@H]3[C@]4(CC[C@@]5(O)C[C@H](O)CC[C@@]35C(=O)O4)[C@H]1CC[C@H]2C(=O)O. The molecule has 4 saturated carbocycles. The molecule has 1 saturated heterocycles. The molecule has 1 aliphatic heterocycles. The molecule has 2 bridgehead atoms. The first-order valence-corrected chi connectivity index (χ1v) is 10.1. The van der Waals surface area contributed by atoms with Crippen molar-refractivity contribution in [3.63, 3.8) is 0 Å². The molecule has 8 atom stereocenters. The number of carboxylic acids is 1. The van der Waals surface area contributed by atoms with Crippen molar-refractivity contribution in [1.82, 2.24) is 0 Å². The Morgan fingerprint density at radius 1 is 1.08 bits per heavy atom. The van der Waals surface area contributed by atoms with Crippen LogP contribution in [0.3, 0.4) is 0 Å². The van der Waals surface area contributed by atoms with E-state index < -0.39 is 28.7 Å². The zero-order chi connectivity index (χ0) is 18.5. The van der Waals surface area contributed by atoms with Gasteiger partial charge in [-0.15, -0.1) is 0 Å². The minimum absolute atomic E-state index is 0.0505. The number of aliphatic carboxylic acids is 1. The van der Waals surface area contributed by atoms with Gasteiger partial charge in [0.15, 0.2) is 0 Å². The summed E-state index contributed by atoms with van der Waals surface area (Å²) in [6.45, 7) is 2.07. The van der Waals surface area contributed by atoms with Gasteiger partial charge in [-0.3, -0.25) is 9.59 Å². The average molecular weight is 364 g/mol. The Hall–Kier alpha value is -1.14. The third-order valence-corrected chi connectivity index (χ3v) is 9.23. The van der Waals surface area contributed by atoms with Crippen LogP contribution >= 0.6 is 0 Å². The van der Waals surface area contributed by atoms with Gasteiger partial charge in [-0.25, -0.2) is 0 Å². The van der Waals surface area contributed by atoms with Crippen LogP contribution in [-0.4, -0.2) is 44.6 Å². The highest BCUT2D eigenvalue weighted by atomic mass is 16.6. The normalized spacial score (nSPS) is 57.7. The van der Waals surface area contributed by atoms with Gasteiger partial charge in [-0.05, 0) is 56.8 Å². The van der Waals surface area contributed by atoms with Gasteiger partial charge in [0.1, 0.15) is 11.0 Å². The first kappa shape index (κ1) is 17.0. The lowest BCUT2D eigenvalue weighted by Crippen LogP contribution is -2.67. The highest BCUT2D eigenvalue weighted by Crippen LogP contribution is 2.74. The van der Waals surface area contributed by atoms with Gasteiger partial charge in [-0.2, -0.15) is 0 Å². The molecule has 5 fully saturated rings. The van der Waals surface area contributed by atoms with Crippen molar-refractivity contribution in [2.75, 3.05) is 0 Å². The van der Waals surface area contributed by atoms with E-state index in [1.165, 1.54) is 0 Å². The fourth-order valence-electron chi connectivity index (χ4n) is 8.16. The number of carbonyl (C=O) groups excluding carboxylic acids is 1. The Morgan fingerprint density at radius 2 is 1.85 bits per heavy atom. The van der Waals surface area contributed by atoms with Gasteiger partial charge in [0.2, 0.25) is 0 Å². The first-order chi connectivity index (χ1) is 12.2. The van der Waals surface area contributed by atoms with Crippen molar-refractivity contribution >= 4 is 11.9 Å². The number of fused-ring (bicyclic) bond motifs is 1. The number of aliphatic hydroxyl groups excluding tert-OH is 1. The molecule has 144 valence electrons. The highest BCUT2D eigenvalue weighted by molar-refractivity contribution is 5.83. The van der Waals surface area contributed by atoms with Crippen LogP contribution in [0.2, 0.25) is 0 Å². The van der Waals surface area contributed by atoms with Crippen molar-refractivity contribution in [3.05, 3.63) is 0 Å². The topological polar surface area (TPSA) is 104 Å². The first-order valence-electron chi connectivity index (χ1n) is 10.1.